The molecule has 27 heavy (non-hydrogen) atoms. The minimum Gasteiger partial charge on any atom is -0.331 e. The van der Waals surface area contributed by atoms with Crippen molar-refractivity contribution in [3.63, 3.8) is 0 Å². The van der Waals surface area contributed by atoms with Gasteiger partial charge in [-0.15, -0.1) is 0 Å². The van der Waals surface area contributed by atoms with Gasteiger partial charge < -0.3 is 15.1 Å². The van der Waals surface area contributed by atoms with Gasteiger partial charge in [0.1, 0.15) is 5.82 Å². The molecule has 0 saturated carbocycles. The van der Waals surface area contributed by atoms with Crippen LogP contribution >= 0.6 is 0 Å². The van der Waals surface area contributed by atoms with E-state index in [0.29, 0.717) is 50.4 Å². The molecule has 0 bridgehead atoms. The summed E-state index contributed by atoms with van der Waals surface area (Å²) in [4.78, 5) is 44.3. The van der Waals surface area contributed by atoms with Crippen LogP contribution in [0.1, 0.15) is 35.7 Å². The van der Waals surface area contributed by atoms with Gasteiger partial charge in [-0.25, -0.2) is 4.98 Å². The first kappa shape index (κ1) is 17.5. The fourth-order valence-electron chi connectivity index (χ4n) is 3.76. The SMILES string of the molecule is CC/C=C/C(=O)N1CC2=C(C1)CN(C(=O)c1cnc3c(c1)CCC(=O)N3)C2. The van der Waals surface area contributed by atoms with Crippen LogP contribution in [0.25, 0.3) is 0 Å². The van der Waals surface area contributed by atoms with Gasteiger partial charge in [0, 0.05) is 38.8 Å². The van der Waals surface area contributed by atoms with Gasteiger partial charge in [0.2, 0.25) is 11.8 Å². The smallest absolute Gasteiger partial charge is 0.256 e. The molecule has 0 aliphatic carbocycles. The van der Waals surface area contributed by atoms with Crippen LogP contribution in [0.4, 0.5) is 5.82 Å². The van der Waals surface area contributed by atoms with Crippen molar-refractivity contribution in [3.05, 3.63) is 46.7 Å². The van der Waals surface area contributed by atoms with Crippen molar-refractivity contribution in [2.75, 3.05) is 31.5 Å². The molecule has 0 radical (unpaired) electrons. The molecular weight excluding hydrogens is 344 g/mol. The standard InChI is InChI=1S/C20H22N4O3/c1-2-3-4-18(26)23-9-15-11-24(12-16(15)10-23)20(27)14-7-13-5-6-17(25)22-19(13)21-8-14/h3-4,7-8H,2,5-6,9-12H2,1H3,(H,21,22,25)/b4-3+. The molecular formula is C20H22N4O3. The van der Waals surface area contributed by atoms with Crippen molar-refractivity contribution in [1.82, 2.24) is 14.8 Å². The zero-order valence-electron chi connectivity index (χ0n) is 15.3. The molecule has 3 aliphatic rings. The monoisotopic (exact) mass is 366 g/mol. The number of aromatic nitrogens is 1. The van der Waals surface area contributed by atoms with Crippen LogP contribution in [-0.2, 0) is 16.0 Å². The molecule has 140 valence electrons. The van der Waals surface area contributed by atoms with Crippen molar-refractivity contribution < 1.29 is 14.4 Å². The molecule has 3 aliphatic heterocycles. The van der Waals surface area contributed by atoms with Crippen LogP contribution < -0.4 is 5.32 Å². The molecule has 7 nitrogen and oxygen atoms in total. The molecule has 1 aromatic rings. The lowest BCUT2D eigenvalue weighted by Crippen LogP contribution is -2.36. The average Bonchev–Trinajstić information content (AvgIpc) is 3.24. The number of hydrogen-bond donors (Lipinski definition) is 1. The van der Waals surface area contributed by atoms with E-state index in [0.717, 1.165) is 12.0 Å². The van der Waals surface area contributed by atoms with Crippen molar-refractivity contribution in [1.29, 1.82) is 0 Å². The minimum atomic E-state index is -0.0552. The van der Waals surface area contributed by atoms with E-state index in [1.54, 1.807) is 11.0 Å². The topological polar surface area (TPSA) is 82.6 Å². The maximum absolute atomic E-state index is 12.9. The predicted octanol–water partition coefficient (Wildman–Crippen LogP) is 1.53. The summed E-state index contributed by atoms with van der Waals surface area (Å²) in [5.74, 6) is 0.492. The van der Waals surface area contributed by atoms with Crippen molar-refractivity contribution in [2.24, 2.45) is 0 Å². The van der Waals surface area contributed by atoms with E-state index in [4.69, 9.17) is 0 Å². The second kappa shape index (κ2) is 6.98. The second-order valence-electron chi connectivity index (χ2n) is 7.15. The summed E-state index contributed by atoms with van der Waals surface area (Å²) in [7, 11) is 0. The maximum atomic E-state index is 12.9. The number of allylic oxidation sites excluding steroid dienone is 1. The number of pyridine rings is 1. The lowest BCUT2D eigenvalue weighted by atomic mass is 10.0. The number of hydrogen-bond acceptors (Lipinski definition) is 4. The van der Waals surface area contributed by atoms with E-state index in [-0.39, 0.29) is 17.7 Å². The van der Waals surface area contributed by atoms with Crippen LogP contribution in [0.15, 0.2) is 35.6 Å². The van der Waals surface area contributed by atoms with E-state index in [1.807, 2.05) is 24.0 Å². The highest BCUT2D eigenvalue weighted by Crippen LogP contribution is 2.28. The number of nitrogens with one attached hydrogen (secondary N) is 1. The predicted molar refractivity (Wildman–Crippen MR) is 100 cm³/mol. The Morgan fingerprint density at radius 2 is 1.85 bits per heavy atom. The molecule has 0 unspecified atom stereocenters. The Hall–Kier alpha value is -2.96. The molecule has 1 N–H and O–H groups in total. The zero-order chi connectivity index (χ0) is 19.0. The summed E-state index contributed by atoms with van der Waals surface area (Å²) in [5, 5.41) is 2.73. The molecule has 0 fully saturated rings. The number of carbonyl (C=O) groups is 3. The summed E-state index contributed by atoms with van der Waals surface area (Å²) in [6.07, 6.45) is 6.89. The second-order valence-corrected chi connectivity index (χ2v) is 7.15. The maximum Gasteiger partial charge on any atom is 0.256 e. The molecule has 3 amide bonds. The molecule has 0 saturated heterocycles. The molecule has 7 heteroatoms. The van der Waals surface area contributed by atoms with Gasteiger partial charge in [-0.1, -0.05) is 13.0 Å². The van der Waals surface area contributed by atoms with Crippen LogP contribution in [0, 0.1) is 0 Å². The Bertz CT molecular complexity index is 869. The molecule has 0 spiro atoms. The third-order valence-electron chi connectivity index (χ3n) is 5.21. The first-order valence-corrected chi connectivity index (χ1v) is 9.28. The van der Waals surface area contributed by atoms with Gasteiger partial charge >= 0.3 is 0 Å². The van der Waals surface area contributed by atoms with Gasteiger partial charge in [0.15, 0.2) is 0 Å². The lowest BCUT2D eigenvalue weighted by Gasteiger charge is -2.23. The minimum absolute atomic E-state index is 0.0325. The fourth-order valence-corrected chi connectivity index (χ4v) is 3.76. The lowest BCUT2D eigenvalue weighted by molar-refractivity contribution is -0.125. The van der Waals surface area contributed by atoms with Crippen molar-refractivity contribution in [3.8, 4) is 0 Å². The first-order valence-electron chi connectivity index (χ1n) is 9.28. The molecule has 0 atom stereocenters. The molecule has 0 aromatic carbocycles. The molecule has 1 aromatic heterocycles. The highest BCUT2D eigenvalue weighted by molar-refractivity contribution is 5.97. The summed E-state index contributed by atoms with van der Waals surface area (Å²) >= 11 is 0. The van der Waals surface area contributed by atoms with Gasteiger partial charge in [-0.05, 0) is 41.7 Å². The quantitative estimate of drug-likeness (QED) is 0.650. The van der Waals surface area contributed by atoms with Gasteiger partial charge in [-0.3, -0.25) is 14.4 Å². The van der Waals surface area contributed by atoms with E-state index >= 15 is 0 Å². The van der Waals surface area contributed by atoms with Gasteiger partial charge in [0.05, 0.1) is 5.56 Å². The zero-order valence-corrected chi connectivity index (χ0v) is 15.3. The fraction of sp³-hybridized carbons (Fsp3) is 0.400. The van der Waals surface area contributed by atoms with E-state index in [1.165, 1.54) is 17.3 Å². The largest absolute Gasteiger partial charge is 0.331 e. The third kappa shape index (κ3) is 3.37. The van der Waals surface area contributed by atoms with Crippen LogP contribution in [0.3, 0.4) is 0 Å². The van der Waals surface area contributed by atoms with Crippen LogP contribution in [0.5, 0.6) is 0 Å². The first-order chi connectivity index (χ1) is 13.0. The van der Waals surface area contributed by atoms with Gasteiger partial charge in [-0.2, -0.15) is 0 Å². The summed E-state index contributed by atoms with van der Waals surface area (Å²) < 4.78 is 0. The van der Waals surface area contributed by atoms with Crippen molar-refractivity contribution >= 4 is 23.5 Å². The Labute approximate surface area is 157 Å². The van der Waals surface area contributed by atoms with E-state index < -0.39 is 0 Å². The Kier molecular flexibility index (Phi) is 4.51. The van der Waals surface area contributed by atoms with Gasteiger partial charge in [0.25, 0.3) is 5.91 Å². The highest BCUT2D eigenvalue weighted by Gasteiger charge is 2.34. The Morgan fingerprint density at radius 3 is 2.56 bits per heavy atom. The number of anilines is 1. The number of aryl methyl sites for hydroxylation is 1. The number of fused-ring (bicyclic) bond motifs is 1. The van der Waals surface area contributed by atoms with Crippen LogP contribution in [-0.4, -0.2) is 58.7 Å². The molecule has 4 heterocycles. The number of carbonyl (C=O) groups excluding carboxylic acids is 3. The number of amides is 3. The molecule has 4 rings (SSSR count). The summed E-state index contributed by atoms with van der Waals surface area (Å²) in [5.41, 5.74) is 3.78. The highest BCUT2D eigenvalue weighted by atomic mass is 16.2. The summed E-state index contributed by atoms with van der Waals surface area (Å²) in [6, 6.07) is 1.83. The van der Waals surface area contributed by atoms with E-state index in [9.17, 15) is 14.4 Å². The Morgan fingerprint density at radius 1 is 1.15 bits per heavy atom. The third-order valence-corrected chi connectivity index (χ3v) is 5.21. The van der Waals surface area contributed by atoms with E-state index in [2.05, 4.69) is 10.3 Å². The Balaban J connectivity index is 1.40. The number of nitrogens with zero attached hydrogens (tertiary/aromatic N) is 3. The summed E-state index contributed by atoms with van der Waals surface area (Å²) in [6.45, 7) is 4.31. The van der Waals surface area contributed by atoms with Crippen LogP contribution in [0.2, 0.25) is 0 Å². The van der Waals surface area contributed by atoms with Crippen molar-refractivity contribution in [2.45, 2.75) is 26.2 Å². The normalized spacial score (nSPS) is 18.8. The number of rotatable bonds is 3. The average molecular weight is 366 g/mol.